The third-order valence-electron chi connectivity index (χ3n) is 7.03. The number of benzene rings is 2. The van der Waals surface area contributed by atoms with Crippen LogP contribution in [0.1, 0.15) is 55.6 Å². The van der Waals surface area contributed by atoms with Gasteiger partial charge in [-0.15, -0.1) is 0 Å². The van der Waals surface area contributed by atoms with Crippen molar-refractivity contribution < 1.29 is 23.5 Å². The molecule has 0 radical (unpaired) electrons. The van der Waals surface area contributed by atoms with Gasteiger partial charge < -0.3 is 14.8 Å². The van der Waals surface area contributed by atoms with Crippen molar-refractivity contribution in [2.24, 2.45) is 0 Å². The zero-order chi connectivity index (χ0) is 24.5. The van der Waals surface area contributed by atoms with Gasteiger partial charge in [0.25, 0.3) is 0 Å². The molecule has 0 bridgehead atoms. The van der Waals surface area contributed by atoms with Crippen molar-refractivity contribution in [3.05, 3.63) is 93.0 Å². The lowest BCUT2D eigenvalue weighted by molar-refractivity contribution is -0.142. The molecule has 2 aromatic carbocycles. The summed E-state index contributed by atoms with van der Waals surface area (Å²) in [6.07, 6.45) is 2.55. The molecule has 182 valence electrons. The summed E-state index contributed by atoms with van der Waals surface area (Å²) in [4.78, 5) is 27.0. The fourth-order valence-electron chi connectivity index (χ4n) is 5.32. The van der Waals surface area contributed by atoms with Gasteiger partial charge in [-0.1, -0.05) is 41.9 Å². The summed E-state index contributed by atoms with van der Waals surface area (Å²) in [5.74, 6) is -1.55. The number of hydrogen-bond donors (Lipinski definition) is 1. The monoisotopic (exact) mass is 495 g/mol. The fraction of sp³-hybridized carbons (Fsp3) is 0.357. The zero-order valence-corrected chi connectivity index (χ0v) is 20.2. The van der Waals surface area contributed by atoms with E-state index in [2.05, 4.69) is 5.32 Å². The fourth-order valence-corrected chi connectivity index (χ4v) is 5.57. The second kappa shape index (κ2) is 9.96. The van der Waals surface area contributed by atoms with Crippen LogP contribution >= 0.6 is 11.6 Å². The number of hydrogen-bond acceptors (Lipinski definition) is 5. The Morgan fingerprint density at radius 2 is 1.94 bits per heavy atom. The first kappa shape index (κ1) is 23.8. The van der Waals surface area contributed by atoms with Crippen LogP contribution in [0.25, 0.3) is 0 Å². The van der Waals surface area contributed by atoms with Crippen LogP contribution in [0.3, 0.4) is 0 Å². The number of allylic oxidation sites excluding steroid dienone is 3. The van der Waals surface area contributed by atoms with Crippen LogP contribution in [-0.4, -0.2) is 31.1 Å². The minimum atomic E-state index is -0.626. The molecular weight excluding hydrogens is 469 g/mol. The summed E-state index contributed by atoms with van der Waals surface area (Å²) in [7, 11) is 0. The molecule has 5 rings (SSSR count). The molecular formula is C28H27ClFNO4. The molecule has 3 aliphatic rings. The maximum absolute atomic E-state index is 13.6. The number of ketones is 1. The molecule has 3 atom stereocenters. The number of dihydropyridines is 1. The summed E-state index contributed by atoms with van der Waals surface area (Å²) < 4.78 is 24.7. The van der Waals surface area contributed by atoms with E-state index in [1.54, 1.807) is 18.2 Å². The van der Waals surface area contributed by atoms with E-state index in [0.717, 1.165) is 24.1 Å². The van der Waals surface area contributed by atoms with Crippen molar-refractivity contribution >= 4 is 23.4 Å². The molecule has 2 aliphatic heterocycles. The van der Waals surface area contributed by atoms with Crippen molar-refractivity contribution in [3.63, 3.8) is 0 Å². The Morgan fingerprint density at radius 1 is 1.17 bits per heavy atom. The molecule has 1 N–H and O–H groups in total. The van der Waals surface area contributed by atoms with Gasteiger partial charge in [-0.2, -0.15) is 0 Å². The predicted octanol–water partition coefficient (Wildman–Crippen LogP) is 5.56. The molecule has 0 aromatic heterocycles. The van der Waals surface area contributed by atoms with Gasteiger partial charge >= 0.3 is 5.97 Å². The molecule has 2 heterocycles. The van der Waals surface area contributed by atoms with Crippen molar-refractivity contribution in [3.8, 4) is 0 Å². The Hall–Kier alpha value is -2.96. The molecule has 0 amide bonds. The number of esters is 1. The average molecular weight is 496 g/mol. The van der Waals surface area contributed by atoms with Crippen molar-refractivity contribution in [2.75, 3.05) is 13.2 Å². The molecule has 7 heteroatoms. The van der Waals surface area contributed by atoms with Gasteiger partial charge in [-0.3, -0.25) is 4.79 Å². The van der Waals surface area contributed by atoms with E-state index < -0.39 is 11.9 Å². The van der Waals surface area contributed by atoms with E-state index in [4.69, 9.17) is 21.1 Å². The second-order valence-electron chi connectivity index (χ2n) is 9.32. The lowest BCUT2D eigenvalue weighted by atomic mass is 9.71. The van der Waals surface area contributed by atoms with Gasteiger partial charge in [0, 0.05) is 40.9 Å². The van der Waals surface area contributed by atoms with Crippen molar-refractivity contribution in [1.29, 1.82) is 0 Å². The van der Waals surface area contributed by atoms with E-state index in [9.17, 15) is 14.0 Å². The highest BCUT2D eigenvalue weighted by atomic mass is 35.5. The predicted molar refractivity (Wildman–Crippen MR) is 130 cm³/mol. The summed E-state index contributed by atoms with van der Waals surface area (Å²) in [6, 6.07) is 13.6. The van der Waals surface area contributed by atoms with Gasteiger partial charge in [-0.25, -0.2) is 9.18 Å². The van der Waals surface area contributed by atoms with Crippen molar-refractivity contribution in [2.45, 2.75) is 50.5 Å². The quantitative estimate of drug-likeness (QED) is 0.550. The van der Waals surface area contributed by atoms with Crippen molar-refractivity contribution in [1.82, 2.24) is 5.32 Å². The highest BCUT2D eigenvalue weighted by Crippen LogP contribution is 2.47. The van der Waals surface area contributed by atoms with E-state index in [-0.39, 0.29) is 36.7 Å². The average Bonchev–Trinajstić information content (AvgIpc) is 3.36. The normalized spacial score (nSPS) is 24.3. The number of carbonyl (C=O) groups excluding carboxylic acids is 2. The number of carbonyl (C=O) groups is 2. The molecule has 2 aromatic rings. The minimum Gasteiger partial charge on any atom is -0.459 e. The topological polar surface area (TPSA) is 64.6 Å². The Bertz CT molecular complexity index is 1210. The maximum atomic E-state index is 13.6. The highest BCUT2D eigenvalue weighted by Gasteiger charge is 2.42. The number of halogens is 2. The minimum absolute atomic E-state index is 0.0603. The molecule has 0 unspecified atom stereocenters. The van der Waals surface area contributed by atoms with Gasteiger partial charge in [-0.05, 0) is 61.4 Å². The molecule has 35 heavy (non-hydrogen) atoms. The third kappa shape index (κ3) is 4.78. The highest BCUT2D eigenvalue weighted by molar-refractivity contribution is 6.31. The summed E-state index contributed by atoms with van der Waals surface area (Å²) in [5.41, 5.74) is 3.95. The van der Waals surface area contributed by atoms with Gasteiger partial charge in [0.15, 0.2) is 5.78 Å². The summed E-state index contributed by atoms with van der Waals surface area (Å²) >= 11 is 6.59. The molecule has 5 nitrogen and oxygen atoms in total. The van der Waals surface area contributed by atoms with Crippen LogP contribution in [-0.2, 0) is 19.1 Å². The first-order valence-electron chi connectivity index (χ1n) is 11.9. The number of rotatable bonds is 5. The van der Waals surface area contributed by atoms with Gasteiger partial charge in [0.2, 0.25) is 0 Å². The Kier molecular flexibility index (Phi) is 6.76. The maximum Gasteiger partial charge on any atom is 0.336 e. The standard InChI is InChI=1S/C28H27ClFNO4/c1-16-25(28(33)35-15-20-5-4-12-34-20)26(21-6-2-3-7-22(21)29)27-23(31-16)13-18(14-24(27)32)17-8-10-19(30)11-9-17/h2-3,6-11,18,20,26,31H,4-5,12-15H2,1H3/t18-,20+,26-/m1/s1. The Labute approximate surface area is 208 Å². The van der Waals surface area contributed by atoms with E-state index in [1.807, 2.05) is 25.1 Å². The largest absolute Gasteiger partial charge is 0.459 e. The first-order chi connectivity index (χ1) is 16.9. The molecule has 0 saturated carbocycles. The lowest BCUT2D eigenvalue weighted by Crippen LogP contribution is -2.36. The Balaban J connectivity index is 1.51. The number of ether oxygens (including phenoxy) is 2. The Morgan fingerprint density at radius 3 is 2.66 bits per heavy atom. The smallest absolute Gasteiger partial charge is 0.336 e. The first-order valence-corrected chi connectivity index (χ1v) is 12.3. The number of Topliss-reactive ketones (excluding diaryl/α,β-unsaturated/α-hetero) is 1. The zero-order valence-electron chi connectivity index (χ0n) is 19.5. The van der Waals surface area contributed by atoms with E-state index in [1.165, 1.54) is 12.1 Å². The van der Waals surface area contributed by atoms with Gasteiger partial charge in [0.05, 0.1) is 11.7 Å². The van der Waals surface area contributed by atoms with Gasteiger partial charge in [0.1, 0.15) is 12.4 Å². The van der Waals surface area contributed by atoms with Crippen LogP contribution in [0.4, 0.5) is 4.39 Å². The molecule has 1 fully saturated rings. The molecule has 0 spiro atoms. The third-order valence-corrected chi connectivity index (χ3v) is 7.37. The van der Waals surface area contributed by atoms with Crippen LogP contribution in [0.5, 0.6) is 0 Å². The van der Waals surface area contributed by atoms with Crippen LogP contribution in [0.15, 0.2) is 71.1 Å². The molecule has 1 aliphatic carbocycles. The second-order valence-corrected chi connectivity index (χ2v) is 9.73. The lowest BCUT2D eigenvalue weighted by Gasteiger charge is -2.37. The van der Waals surface area contributed by atoms with Crippen LogP contribution in [0, 0.1) is 5.82 Å². The molecule has 1 saturated heterocycles. The van der Waals surface area contributed by atoms with E-state index >= 15 is 0 Å². The SMILES string of the molecule is CC1=C(C(=O)OC[C@@H]2CCCO2)[C@@H](c2ccccc2Cl)C2=C(C[C@@H](c3ccc(F)cc3)CC2=O)N1. The summed E-state index contributed by atoms with van der Waals surface area (Å²) in [5, 5.41) is 3.81. The van der Waals surface area contributed by atoms with E-state index in [0.29, 0.717) is 40.5 Å². The summed E-state index contributed by atoms with van der Waals surface area (Å²) in [6.45, 7) is 2.67. The number of nitrogens with one attached hydrogen (secondary N) is 1. The van der Waals surface area contributed by atoms with Crippen LogP contribution < -0.4 is 5.32 Å². The van der Waals surface area contributed by atoms with Crippen LogP contribution in [0.2, 0.25) is 5.02 Å².